The predicted molar refractivity (Wildman–Crippen MR) is 123 cm³/mol. The molecule has 1 aromatic carbocycles. The third-order valence-corrected chi connectivity index (χ3v) is 5.95. The average molecular weight is 371 g/mol. The number of allylic oxidation sites excluding steroid dienone is 2. The number of unbranched alkanes of at least 4 members (excludes halogenated alkanes) is 13. The minimum Gasteiger partial charge on any atom is -0.0741 e. The van der Waals surface area contributed by atoms with Gasteiger partial charge in [-0.1, -0.05) is 132 Å². The van der Waals surface area contributed by atoms with Gasteiger partial charge in [-0.3, -0.25) is 0 Å². The Morgan fingerprint density at radius 3 is 1.48 bits per heavy atom. The molecular formula is C27H46. The minimum absolute atomic E-state index is 1.12. The molecule has 0 radical (unpaired) electrons. The quantitative estimate of drug-likeness (QED) is 0.189. The molecule has 0 atom stereocenters. The van der Waals surface area contributed by atoms with Crippen molar-refractivity contribution < 1.29 is 0 Å². The Labute approximate surface area is 170 Å². The van der Waals surface area contributed by atoms with E-state index in [9.17, 15) is 0 Å². The monoisotopic (exact) mass is 370 g/mol. The predicted octanol–water partition coefficient (Wildman–Crippen LogP) is 9.44. The SMILES string of the molecule is CCCCCCCCCCCCCCCCC(C)=C(C)Cc1ccccc1. The lowest BCUT2D eigenvalue weighted by Gasteiger charge is -2.08. The summed E-state index contributed by atoms with van der Waals surface area (Å²) in [6.07, 6.45) is 22.6. The lowest BCUT2D eigenvalue weighted by Crippen LogP contribution is -1.91. The van der Waals surface area contributed by atoms with E-state index in [1.807, 2.05) is 0 Å². The molecule has 154 valence electrons. The Kier molecular flexibility index (Phi) is 15.2. The molecule has 1 rings (SSSR count). The molecule has 0 saturated carbocycles. The van der Waals surface area contributed by atoms with E-state index in [1.54, 1.807) is 11.1 Å². The van der Waals surface area contributed by atoms with E-state index >= 15 is 0 Å². The van der Waals surface area contributed by atoms with Crippen LogP contribution in [-0.2, 0) is 6.42 Å². The van der Waals surface area contributed by atoms with Crippen LogP contribution >= 0.6 is 0 Å². The summed E-state index contributed by atoms with van der Waals surface area (Å²) in [7, 11) is 0. The first-order valence-corrected chi connectivity index (χ1v) is 11.9. The van der Waals surface area contributed by atoms with Crippen LogP contribution in [0.15, 0.2) is 41.5 Å². The molecule has 0 aromatic heterocycles. The molecule has 0 aliphatic carbocycles. The molecule has 1 aromatic rings. The van der Waals surface area contributed by atoms with Crippen LogP contribution < -0.4 is 0 Å². The third-order valence-electron chi connectivity index (χ3n) is 5.95. The van der Waals surface area contributed by atoms with Gasteiger partial charge in [0.2, 0.25) is 0 Å². The Balaban J connectivity index is 1.91. The molecule has 0 bridgehead atoms. The summed E-state index contributed by atoms with van der Waals surface area (Å²) < 4.78 is 0. The Morgan fingerprint density at radius 2 is 1.00 bits per heavy atom. The van der Waals surface area contributed by atoms with Gasteiger partial charge in [0.25, 0.3) is 0 Å². The highest BCUT2D eigenvalue weighted by molar-refractivity contribution is 5.23. The van der Waals surface area contributed by atoms with Crippen LogP contribution in [0.3, 0.4) is 0 Å². The molecule has 0 heteroatoms. The summed E-state index contributed by atoms with van der Waals surface area (Å²) in [5.74, 6) is 0. The highest BCUT2D eigenvalue weighted by Gasteiger charge is 2.00. The van der Waals surface area contributed by atoms with Crippen LogP contribution in [0, 0.1) is 0 Å². The molecule has 0 amide bonds. The van der Waals surface area contributed by atoms with Crippen LogP contribution in [-0.4, -0.2) is 0 Å². The van der Waals surface area contributed by atoms with Crippen molar-refractivity contribution in [2.24, 2.45) is 0 Å². The summed E-state index contributed by atoms with van der Waals surface area (Å²) >= 11 is 0. The van der Waals surface area contributed by atoms with Crippen LogP contribution in [0.25, 0.3) is 0 Å². The zero-order valence-electron chi connectivity index (χ0n) is 18.7. The maximum Gasteiger partial charge on any atom is -0.00673 e. The van der Waals surface area contributed by atoms with Gasteiger partial charge in [-0.05, 0) is 38.7 Å². The van der Waals surface area contributed by atoms with Gasteiger partial charge in [0.1, 0.15) is 0 Å². The zero-order chi connectivity index (χ0) is 19.6. The summed E-state index contributed by atoms with van der Waals surface area (Å²) in [5, 5.41) is 0. The van der Waals surface area contributed by atoms with Crippen molar-refractivity contribution in [2.75, 3.05) is 0 Å². The summed E-state index contributed by atoms with van der Waals surface area (Å²) in [5.41, 5.74) is 4.61. The topological polar surface area (TPSA) is 0 Å². The first-order chi connectivity index (χ1) is 13.2. The highest BCUT2D eigenvalue weighted by atomic mass is 14.1. The van der Waals surface area contributed by atoms with E-state index in [2.05, 4.69) is 51.1 Å². The molecule has 0 aliphatic rings. The molecule has 0 N–H and O–H groups in total. The van der Waals surface area contributed by atoms with E-state index in [-0.39, 0.29) is 0 Å². The van der Waals surface area contributed by atoms with Gasteiger partial charge in [0, 0.05) is 0 Å². The number of rotatable bonds is 17. The second kappa shape index (κ2) is 17.1. The molecule has 0 fully saturated rings. The standard InChI is InChI=1S/C27H46/c1-4-5-6-7-8-9-10-11-12-13-14-15-16-18-21-25(2)26(3)24-27-22-19-17-20-23-27/h17,19-20,22-23H,4-16,18,21,24H2,1-3H3. The Bertz CT molecular complexity index is 468. The molecule has 27 heavy (non-hydrogen) atoms. The highest BCUT2D eigenvalue weighted by Crippen LogP contribution is 2.18. The van der Waals surface area contributed by atoms with Crippen molar-refractivity contribution in [2.45, 2.75) is 124 Å². The Morgan fingerprint density at radius 1 is 0.556 bits per heavy atom. The van der Waals surface area contributed by atoms with Gasteiger partial charge in [-0.25, -0.2) is 0 Å². The molecule has 0 saturated heterocycles. The van der Waals surface area contributed by atoms with Gasteiger partial charge in [-0.15, -0.1) is 0 Å². The second-order valence-corrected chi connectivity index (χ2v) is 8.57. The largest absolute Gasteiger partial charge is 0.0741 e. The zero-order valence-corrected chi connectivity index (χ0v) is 18.7. The molecule has 0 unspecified atom stereocenters. The molecule has 0 spiro atoms. The van der Waals surface area contributed by atoms with E-state index in [0.29, 0.717) is 0 Å². The van der Waals surface area contributed by atoms with Crippen LogP contribution in [0.1, 0.15) is 123 Å². The summed E-state index contributed by atoms with van der Waals surface area (Å²) in [6.45, 7) is 6.94. The van der Waals surface area contributed by atoms with Gasteiger partial charge < -0.3 is 0 Å². The molecule has 0 aliphatic heterocycles. The van der Waals surface area contributed by atoms with Gasteiger partial charge in [0.05, 0.1) is 0 Å². The number of benzene rings is 1. The van der Waals surface area contributed by atoms with Crippen molar-refractivity contribution in [1.82, 2.24) is 0 Å². The summed E-state index contributed by atoms with van der Waals surface area (Å²) in [4.78, 5) is 0. The first-order valence-electron chi connectivity index (χ1n) is 11.9. The van der Waals surface area contributed by atoms with Crippen LogP contribution in [0.4, 0.5) is 0 Å². The van der Waals surface area contributed by atoms with Crippen LogP contribution in [0.2, 0.25) is 0 Å². The molecule has 0 nitrogen and oxygen atoms in total. The number of hydrogen-bond donors (Lipinski definition) is 0. The van der Waals surface area contributed by atoms with E-state index < -0.39 is 0 Å². The van der Waals surface area contributed by atoms with Crippen molar-refractivity contribution in [1.29, 1.82) is 0 Å². The first kappa shape index (κ1) is 24.0. The normalized spacial score (nSPS) is 12.3. The van der Waals surface area contributed by atoms with Gasteiger partial charge in [-0.2, -0.15) is 0 Å². The maximum absolute atomic E-state index is 2.33. The smallest absolute Gasteiger partial charge is 0.00673 e. The Hall–Kier alpha value is -1.04. The second-order valence-electron chi connectivity index (χ2n) is 8.57. The summed E-state index contributed by atoms with van der Waals surface area (Å²) in [6, 6.07) is 10.9. The third kappa shape index (κ3) is 13.7. The lowest BCUT2D eigenvalue weighted by molar-refractivity contribution is 0.535. The van der Waals surface area contributed by atoms with E-state index in [1.165, 1.54) is 102 Å². The van der Waals surface area contributed by atoms with Crippen molar-refractivity contribution in [3.8, 4) is 0 Å². The van der Waals surface area contributed by atoms with Crippen molar-refractivity contribution >= 4 is 0 Å². The molecule has 0 heterocycles. The average Bonchev–Trinajstić information content (AvgIpc) is 2.68. The van der Waals surface area contributed by atoms with Crippen LogP contribution in [0.5, 0.6) is 0 Å². The fourth-order valence-electron chi connectivity index (χ4n) is 3.85. The van der Waals surface area contributed by atoms with Gasteiger partial charge >= 0.3 is 0 Å². The van der Waals surface area contributed by atoms with Crippen molar-refractivity contribution in [3.63, 3.8) is 0 Å². The van der Waals surface area contributed by atoms with Crippen molar-refractivity contribution in [3.05, 3.63) is 47.0 Å². The minimum atomic E-state index is 1.12. The van der Waals surface area contributed by atoms with E-state index in [4.69, 9.17) is 0 Å². The molecular weight excluding hydrogens is 324 g/mol. The number of hydrogen-bond acceptors (Lipinski definition) is 0. The maximum atomic E-state index is 2.33. The fourth-order valence-corrected chi connectivity index (χ4v) is 3.85. The van der Waals surface area contributed by atoms with E-state index in [0.717, 1.165) is 6.42 Å². The fraction of sp³-hybridized carbons (Fsp3) is 0.704. The van der Waals surface area contributed by atoms with Gasteiger partial charge in [0.15, 0.2) is 0 Å². The lowest BCUT2D eigenvalue weighted by atomic mass is 9.98.